The van der Waals surface area contributed by atoms with E-state index in [2.05, 4.69) is 0 Å². The average molecular weight is 261 g/mol. The summed E-state index contributed by atoms with van der Waals surface area (Å²) in [5.74, 6) is -0.136. The number of hydrogen-bond donors (Lipinski definition) is 1. The van der Waals surface area contributed by atoms with Crippen LogP contribution >= 0.6 is 0 Å². The molecule has 1 aromatic heterocycles. The van der Waals surface area contributed by atoms with Crippen molar-refractivity contribution in [3.8, 4) is 11.4 Å². The molecule has 1 aliphatic carbocycles. The van der Waals surface area contributed by atoms with Crippen LogP contribution in [-0.2, 0) is 6.42 Å². The summed E-state index contributed by atoms with van der Waals surface area (Å²) in [5, 5.41) is 9.97. The summed E-state index contributed by atoms with van der Waals surface area (Å²) in [5.41, 5.74) is 2.94. The Hall–Kier alpha value is -1.81. The molecule has 100 valence electrons. The minimum absolute atomic E-state index is 0.233. The second-order valence-electron chi connectivity index (χ2n) is 4.81. The number of ether oxygens (including phenoxy) is 1. The highest BCUT2D eigenvalue weighted by Crippen LogP contribution is 2.32. The van der Waals surface area contributed by atoms with E-state index in [4.69, 9.17) is 4.74 Å². The molecule has 2 aromatic rings. The lowest BCUT2D eigenvalue weighted by Gasteiger charge is -2.20. The van der Waals surface area contributed by atoms with Gasteiger partial charge in [0.15, 0.2) is 11.6 Å². The molecule has 19 heavy (non-hydrogen) atoms. The molecule has 0 saturated carbocycles. The third-order valence-corrected chi connectivity index (χ3v) is 3.69. The van der Waals surface area contributed by atoms with Gasteiger partial charge in [0.25, 0.3) is 0 Å². The minimum Gasteiger partial charge on any atom is -0.494 e. The molecule has 1 aliphatic rings. The van der Waals surface area contributed by atoms with Gasteiger partial charge in [0.1, 0.15) is 0 Å². The lowest BCUT2D eigenvalue weighted by molar-refractivity contribution is 0.156. The van der Waals surface area contributed by atoms with Gasteiger partial charge in [-0.3, -0.25) is 0 Å². The van der Waals surface area contributed by atoms with Crippen molar-refractivity contribution in [2.24, 2.45) is 0 Å². The van der Waals surface area contributed by atoms with E-state index in [9.17, 15) is 9.50 Å². The fourth-order valence-electron chi connectivity index (χ4n) is 2.71. The van der Waals surface area contributed by atoms with Gasteiger partial charge >= 0.3 is 0 Å². The summed E-state index contributed by atoms with van der Waals surface area (Å²) in [6.07, 6.45) is 4.25. The molecule has 0 saturated heterocycles. The van der Waals surface area contributed by atoms with Gasteiger partial charge in [-0.25, -0.2) is 4.39 Å². The lowest BCUT2D eigenvalue weighted by Crippen LogP contribution is -2.11. The maximum atomic E-state index is 13.4. The maximum absolute atomic E-state index is 13.4. The molecule has 3 nitrogen and oxygen atoms in total. The summed E-state index contributed by atoms with van der Waals surface area (Å²) in [7, 11) is 1.46. The van der Waals surface area contributed by atoms with Gasteiger partial charge in [-0.05, 0) is 37.5 Å². The van der Waals surface area contributed by atoms with Crippen molar-refractivity contribution in [1.29, 1.82) is 0 Å². The van der Waals surface area contributed by atoms with Crippen LogP contribution in [0.3, 0.4) is 0 Å². The third-order valence-electron chi connectivity index (χ3n) is 3.69. The van der Waals surface area contributed by atoms with Crippen molar-refractivity contribution < 1.29 is 14.2 Å². The number of methoxy groups -OCH3 is 1. The van der Waals surface area contributed by atoms with Gasteiger partial charge in [-0.2, -0.15) is 0 Å². The summed E-state index contributed by atoms with van der Waals surface area (Å²) in [4.78, 5) is 0. The van der Waals surface area contributed by atoms with Crippen LogP contribution in [0.2, 0.25) is 0 Å². The van der Waals surface area contributed by atoms with Crippen molar-refractivity contribution in [2.45, 2.75) is 25.4 Å². The number of halogens is 1. The molecule has 0 aliphatic heterocycles. The number of fused-ring (bicyclic) bond motifs is 1. The van der Waals surface area contributed by atoms with E-state index < -0.39 is 0 Å². The molecule has 1 aromatic carbocycles. The van der Waals surface area contributed by atoms with Gasteiger partial charge in [0, 0.05) is 29.2 Å². The zero-order valence-electron chi connectivity index (χ0n) is 10.8. The SMILES string of the molecule is COc1cc(-n2ccc3c2CCCC3O)ccc1F. The molecular formula is C15H16FNO2. The van der Waals surface area contributed by atoms with Crippen molar-refractivity contribution in [3.05, 3.63) is 47.5 Å². The van der Waals surface area contributed by atoms with E-state index in [-0.39, 0.29) is 17.7 Å². The molecule has 3 rings (SSSR count). The molecule has 1 unspecified atom stereocenters. The topological polar surface area (TPSA) is 34.4 Å². The van der Waals surface area contributed by atoms with Crippen LogP contribution in [-0.4, -0.2) is 16.8 Å². The van der Waals surface area contributed by atoms with E-state index in [1.807, 2.05) is 16.8 Å². The van der Waals surface area contributed by atoms with Gasteiger partial charge in [0.2, 0.25) is 0 Å². The normalized spacial score (nSPS) is 18.2. The van der Waals surface area contributed by atoms with E-state index in [1.165, 1.54) is 13.2 Å². The Labute approximate surface area is 111 Å². The fourth-order valence-corrected chi connectivity index (χ4v) is 2.71. The summed E-state index contributed by atoms with van der Waals surface area (Å²) < 4.78 is 20.4. The van der Waals surface area contributed by atoms with Crippen LogP contribution in [0.5, 0.6) is 5.75 Å². The molecule has 1 atom stereocenters. The first-order valence-corrected chi connectivity index (χ1v) is 6.43. The third kappa shape index (κ3) is 2.02. The van der Waals surface area contributed by atoms with Crippen LogP contribution in [0, 0.1) is 5.82 Å². The predicted octanol–water partition coefficient (Wildman–Crippen LogP) is 2.99. The van der Waals surface area contributed by atoms with Crippen LogP contribution in [0.4, 0.5) is 4.39 Å². The number of nitrogens with zero attached hydrogens (tertiary/aromatic N) is 1. The molecule has 1 heterocycles. The first-order chi connectivity index (χ1) is 9.20. The Kier molecular flexibility index (Phi) is 3.03. The first kappa shape index (κ1) is 12.2. The lowest BCUT2D eigenvalue weighted by atomic mass is 9.95. The number of rotatable bonds is 2. The van der Waals surface area contributed by atoms with Crippen LogP contribution in [0.25, 0.3) is 5.69 Å². The Balaban J connectivity index is 2.08. The minimum atomic E-state index is -0.382. The van der Waals surface area contributed by atoms with Gasteiger partial charge in [0.05, 0.1) is 13.2 Å². The highest BCUT2D eigenvalue weighted by atomic mass is 19.1. The average Bonchev–Trinajstić information content (AvgIpc) is 2.85. The Morgan fingerprint density at radius 2 is 2.21 bits per heavy atom. The number of aliphatic hydroxyl groups excluding tert-OH is 1. The van der Waals surface area contributed by atoms with Crippen LogP contribution < -0.4 is 4.74 Å². The van der Waals surface area contributed by atoms with Crippen molar-refractivity contribution in [1.82, 2.24) is 4.57 Å². The van der Waals surface area contributed by atoms with Crippen LogP contribution in [0.15, 0.2) is 30.5 Å². The number of aromatic nitrogens is 1. The summed E-state index contributed by atoms with van der Waals surface area (Å²) in [6, 6.07) is 6.74. The van der Waals surface area contributed by atoms with Crippen molar-refractivity contribution >= 4 is 0 Å². The molecule has 0 bridgehead atoms. The molecule has 0 radical (unpaired) electrons. The van der Waals surface area contributed by atoms with Crippen LogP contribution in [0.1, 0.15) is 30.2 Å². The largest absolute Gasteiger partial charge is 0.494 e. The Bertz CT molecular complexity index is 606. The zero-order valence-corrected chi connectivity index (χ0v) is 10.8. The maximum Gasteiger partial charge on any atom is 0.165 e. The highest BCUT2D eigenvalue weighted by Gasteiger charge is 2.21. The van der Waals surface area contributed by atoms with Gasteiger partial charge < -0.3 is 14.4 Å². The Morgan fingerprint density at radius 3 is 3.00 bits per heavy atom. The van der Waals surface area contributed by atoms with Gasteiger partial charge in [-0.15, -0.1) is 0 Å². The second kappa shape index (κ2) is 4.70. The summed E-state index contributed by atoms with van der Waals surface area (Å²) >= 11 is 0. The number of aliphatic hydroxyl groups is 1. The monoisotopic (exact) mass is 261 g/mol. The first-order valence-electron chi connectivity index (χ1n) is 6.43. The van der Waals surface area contributed by atoms with E-state index >= 15 is 0 Å². The van der Waals surface area contributed by atoms with Crippen molar-refractivity contribution in [2.75, 3.05) is 7.11 Å². The fraction of sp³-hybridized carbons (Fsp3) is 0.333. The number of hydrogen-bond acceptors (Lipinski definition) is 2. The summed E-state index contributed by atoms with van der Waals surface area (Å²) in [6.45, 7) is 0. The Morgan fingerprint density at radius 1 is 1.37 bits per heavy atom. The smallest absolute Gasteiger partial charge is 0.165 e. The zero-order chi connectivity index (χ0) is 13.4. The molecule has 0 amide bonds. The van der Waals surface area contributed by atoms with E-state index in [0.717, 1.165) is 36.2 Å². The molecule has 4 heteroatoms. The van der Waals surface area contributed by atoms with E-state index in [0.29, 0.717) is 0 Å². The van der Waals surface area contributed by atoms with E-state index in [1.54, 1.807) is 12.1 Å². The standard InChI is InChI=1S/C15H16FNO2/c1-19-15-9-10(5-6-12(15)16)17-8-7-11-13(17)3-2-4-14(11)18/h5-9,14,18H,2-4H2,1H3. The molecule has 1 N–H and O–H groups in total. The molecule has 0 spiro atoms. The quantitative estimate of drug-likeness (QED) is 0.901. The predicted molar refractivity (Wildman–Crippen MR) is 70.2 cm³/mol. The second-order valence-corrected chi connectivity index (χ2v) is 4.81. The molecular weight excluding hydrogens is 245 g/mol. The van der Waals surface area contributed by atoms with Gasteiger partial charge in [-0.1, -0.05) is 0 Å². The number of benzene rings is 1. The molecule has 0 fully saturated rings. The highest BCUT2D eigenvalue weighted by molar-refractivity contribution is 5.44. The van der Waals surface area contributed by atoms with Crippen molar-refractivity contribution in [3.63, 3.8) is 0 Å².